The molecule has 2 saturated heterocycles. The molecule has 0 saturated carbocycles. The second-order valence-corrected chi connectivity index (χ2v) is 10.1. The number of hydrogen-bond donors (Lipinski definition) is 2. The first kappa shape index (κ1) is 22.7. The van der Waals surface area contributed by atoms with Crippen molar-refractivity contribution >= 4 is 44.8 Å². The standard InChI is InChI=1S/C22H24ClN3O5S/c23-16-3-7-18(8-4-16)26-14-15(12-21(26)27)22(28)25-17-5-9-20(10-6-17)32(29,30)24-13-19-2-1-11-31-19/h3-10,15,19,24H,1-2,11-14H2,(H,25,28)/t15-,19+/m0/s1. The minimum Gasteiger partial charge on any atom is -0.377 e. The predicted octanol–water partition coefficient (Wildman–Crippen LogP) is 2.79. The number of benzene rings is 2. The third-order valence-electron chi connectivity index (χ3n) is 5.59. The molecule has 4 rings (SSSR count). The van der Waals surface area contributed by atoms with Crippen molar-refractivity contribution < 1.29 is 22.7 Å². The molecule has 0 spiro atoms. The van der Waals surface area contributed by atoms with Gasteiger partial charge in [0.15, 0.2) is 0 Å². The van der Waals surface area contributed by atoms with E-state index in [0.29, 0.717) is 23.0 Å². The predicted molar refractivity (Wildman–Crippen MR) is 121 cm³/mol. The number of carbonyl (C=O) groups excluding carboxylic acids is 2. The number of nitrogens with zero attached hydrogens (tertiary/aromatic N) is 1. The Hall–Kier alpha value is -2.46. The summed E-state index contributed by atoms with van der Waals surface area (Å²) in [4.78, 5) is 26.7. The fraction of sp³-hybridized carbons (Fsp3) is 0.364. The van der Waals surface area contributed by atoms with E-state index < -0.39 is 15.9 Å². The fourth-order valence-electron chi connectivity index (χ4n) is 3.81. The Bertz CT molecular complexity index is 1080. The molecule has 2 atom stereocenters. The number of halogens is 1. The Kier molecular flexibility index (Phi) is 6.80. The van der Waals surface area contributed by atoms with Gasteiger partial charge in [0.1, 0.15) is 0 Å². The molecule has 0 aromatic heterocycles. The highest BCUT2D eigenvalue weighted by Gasteiger charge is 2.35. The van der Waals surface area contributed by atoms with E-state index in [2.05, 4.69) is 10.0 Å². The van der Waals surface area contributed by atoms with Crippen LogP contribution in [0.2, 0.25) is 5.02 Å². The molecule has 2 aromatic carbocycles. The van der Waals surface area contributed by atoms with Crippen molar-refractivity contribution in [3.05, 3.63) is 53.6 Å². The lowest BCUT2D eigenvalue weighted by molar-refractivity contribution is -0.122. The van der Waals surface area contributed by atoms with E-state index in [1.807, 2.05) is 0 Å². The summed E-state index contributed by atoms with van der Waals surface area (Å²) in [5.74, 6) is -0.928. The van der Waals surface area contributed by atoms with Crippen LogP contribution in [0.3, 0.4) is 0 Å². The zero-order valence-electron chi connectivity index (χ0n) is 17.3. The van der Waals surface area contributed by atoms with E-state index in [4.69, 9.17) is 16.3 Å². The fourth-order valence-corrected chi connectivity index (χ4v) is 5.00. The van der Waals surface area contributed by atoms with E-state index in [9.17, 15) is 18.0 Å². The zero-order valence-corrected chi connectivity index (χ0v) is 18.9. The van der Waals surface area contributed by atoms with Crippen molar-refractivity contribution in [3.63, 3.8) is 0 Å². The quantitative estimate of drug-likeness (QED) is 0.638. The maximum atomic E-state index is 12.7. The second kappa shape index (κ2) is 9.58. The van der Waals surface area contributed by atoms with Crippen molar-refractivity contribution in [2.24, 2.45) is 5.92 Å². The Balaban J connectivity index is 1.34. The molecular formula is C22H24ClN3O5S. The summed E-state index contributed by atoms with van der Waals surface area (Å²) >= 11 is 5.90. The molecule has 2 fully saturated rings. The molecule has 32 heavy (non-hydrogen) atoms. The number of carbonyl (C=O) groups is 2. The number of rotatable bonds is 7. The van der Waals surface area contributed by atoms with Gasteiger partial charge in [0.2, 0.25) is 21.8 Å². The highest BCUT2D eigenvalue weighted by atomic mass is 35.5. The summed E-state index contributed by atoms with van der Waals surface area (Å²) in [6, 6.07) is 12.8. The molecule has 0 bridgehead atoms. The highest BCUT2D eigenvalue weighted by molar-refractivity contribution is 7.89. The number of sulfonamides is 1. The molecule has 2 heterocycles. The minimum atomic E-state index is -3.66. The van der Waals surface area contributed by atoms with Crippen LogP contribution in [0.15, 0.2) is 53.4 Å². The van der Waals surface area contributed by atoms with Gasteiger partial charge in [-0.25, -0.2) is 13.1 Å². The first-order valence-electron chi connectivity index (χ1n) is 10.4. The van der Waals surface area contributed by atoms with Gasteiger partial charge >= 0.3 is 0 Å². The van der Waals surface area contributed by atoms with Crippen LogP contribution in [0, 0.1) is 5.92 Å². The number of hydrogen-bond acceptors (Lipinski definition) is 5. The first-order valence-corrected chi connectivity index (χ1v) is 12.3. The molecule has 2 aromatic rings. The maximum Gasteiger partial charge on any atom is 0.240 e. The van der Waals surface area contributed by atoms with Gasteiger partial charge in [-0.3, -0.25) is 9.59 Å². The van der Waals surface area contributed by atoms with Crippen molar-refractivity contribution in [3.8, 4) is 0 Å². The molecule has 2 amide bonds. The van der Waals surface area contributed by atoms with Gasteiger partial charge < -0.3 is 15.0 Å². The molecule has 0 aliphatic carbocycles. The molecular weight excluding hydrogens is 454 g/mol. The Morgan fingerprint density at radius 1 is 1.12 bits per heavy atom. The Labute approximate surface area is 191 Å². The molecule has 8 nitrogen and oxygen atoms in total. The molecule has 2 N–H and O–H groups in total. The van der Waals surface area contributed by atoms with Crippen molar-refractivity contribution in [1.29, 1.82) is 0 Å². The number of amides is 2. The van der Waals surface area contributed by atoms with Crippen molar-refractivity contribution in [1.82, 2.24) is 4.72 Å². The summed E-state index contributed by atoms with van der Waals surface area (Å²) in [5.41, 5.74) is 1.16. The highest BCUT2D eigenvalue weighted by Crippen LogP contribution is 2.27. The van der Waals surface area contributed by atoms with Crippen molar-refractivity contribution in [2.45, 2.75) is 30.3 Å². The van der Waals surface area contributed by atoms with Crippen LogP contribution >= 0.6 is 11.6 Å². The summed E-state index contributed by atoms with van der Waals surface area (Å²) in [7, 11) is -3.66. The average Bonchev–Trinajstić information content (AvgIpc) is 3.43. The van der Waals surface area contributed by atoms with Gasteiger partial charge in [0.25, 0.3) is 0 Å². The number of nitrogens with one attached hydrogen (secondary N) is 2. The maximum absolute atomic E-state index is 12.7. The van der Waals surface area contributed by atoms with E-state index in [1.165, 1.54) is 24.3 Å². The van der Waals surface area contributed by atoms with E-state index in [0.717, 1.165) is 12.8 Å². The van der Waals surface area contributed by atoms with E-state index >= 15 is 0 Å². The van der Waals surface area contributed by atoms with E-state index in [-0.39, 0.29) is 42.3 Å². The lowest BCUT2D eigenvalue weighted by Gasteiger charge is -2.17. The minimum absolute atomic E-state index is 0.0927. The van der Waals surface area contributed by atoms with Crippen LogP contribution in [0.25, 0.3) is 0 Å². The second-order valence-electron chi connectivity index (χ2n) is 7.88. The van der Waals surface area contributed by atoms with Crippen molar-refractivity contribution in [2.75, 3.05) is 29.9 Å². The summed E-state index contributed by atoms with van der Waals surface area (Å²) in [6.07, 6.45) is 1.79. The molecule has 2 aliphatic rings. The van der Waals surface area contributed by atoms with Gasteiger partial charge in [0, 0.05) is 42.5 Å². The molecule has 10 heteroatoms. The molecule has 170 valence electrons. The van der Waals surface area contributed by atoms with Gasteiger partial charge in [0.05, 0.1) is 16.9 Å². The summed E-state index contributed by atoms with van der Waals surface area (Å²) in [6.45, 7) is 1.16. The van der Waals surface area contributed by atoms with Gasteiger partial charge in [-0.05, 0) is 61.4 Å². The van der Waals surface area contributed by atoms with Crippen LogP contribution in [0.5, 0.6) is 0 Å². The topological polar surface area (TPSA) is 105 Å². The third-order valence-corrected chi connectivity index (χ3v) is 7.28. The van der Waals surface area contributed by atoms with Crippen LogP contribution < -0.4 is 14.9 Å². The third kappa shape index (κ3) is 5.29. The molecule has 2 aliphatic heterocycles. The smallest absolute Gasteiger partial charge is 0.240 e. The van der Waals surface area contributed by atoms with Crippen LogP contribution in [-0.4, -0.2) is 46.0 Å². The van der Waals surface area contributed by atoms with Crippen LogP contribution in [0.1, 0.15) is 19.3 Å². The molecule has 0 radical (unpaired) electrons. The van der Waals surface area contributed by atoms with Gasteiger partial charge in [-0.2, -0.15) is 0 Å². The normalized spacial score (nSPS) is 21.2. The Morgan fingerprint density at radius 3 is 2.50 bits per heavy atom. The SMILES string of the molecule is O=C(Nc1ccc(S(=O)(=O)NC[C@H]2CCCO2)cc1)[C@H]1CC(=O)N(c2ccc(Cl)cc2)C1. The van der Waals surface area contributed by atoms with Gasteiger partial charge in [-0.1, -0.05) is 11.6 Å². The largest absolute Gasteiger partial charge is 0.377 e. The first-order chi connectivity index (χ1) is 15.3. The number of ether oxygens (including phenoxy) is 1. The summed E-state index contributed by atoms with van der Waals surface area (Å²) < 4.78 is 32.9. The van der Waals surface area contributed by atoms with Gasteiger partial charge in [-0.15, -0.1) is 0 Å². The van der Waals surface area contributed by atoms with Crippen LogP contribution in [-0.2, 0) is 24.3 Å². The lowest BCUT2D eigenvalue weighted by atomic mass is 10.1. The van der Waals surface area contributed by atoms with Crippen LogP contribution in [0.4, 0.5) is 11.4 Å². The Morgan fingerprint density at radius 2 is 1.84 bits per heavy atom. The molecule has 0 unspecified atom stereocenters. The van der Waals surface area contributed by atoms with E-state index in [1.54, 1.807) is 29.2 Å². The summed E-state index contributed by atoms with van der Waals surface area (Å²) in [5, 5.41) is 3.34. The average molecular weight is 478 g/mol. The number of anilines is 2. The monoisotopic (exact) mass is 477 g/mol. The lowest BCUT2D eigenvalue weighted by Crippen LogP contribution is -2.31. The zero-order chi connectivity index (χ0) is 22.7.